The summed E-state index contributed by atoms with van der Waals surface area (Å²) in [4.78, 5) is 12.3. The van der Waals surface area contributed by atoms with Gasteiger partial charge in [-0.2, -0.15) is 5.10 Å². The Morgan fingerprint density at radius 2 is 1.83 bits per heavy atom. The van der Waals surface area contributed by atoms with Gasteiger partial charge in [-0.1, -0.05) is 41.9 Å². The lowest BCUT2D eigenvalue weighted by Gasteiger charge is -2.08. The summed E-state index contributed by atoms with van der Waals surface area (Å²) in [7, 11) is -3.92. The van der Waals surface area contributed by atoms with E-state index >= 15 is 0 Å². The number of benzene rings is 2. The third-order valence-electron chi connectivity index (χ3n) is 4.13. The van der Waals surface area contributed by atoms with Gasteiger partial charge in [0.1, 0.15) is 22.3 Å². The number of hydrogen-bond donors (Lipinski definition) is 2. The minimum absolute atomic E-state index is 0.0528. The molecule has 0 saturated heterocycles. The number of carbonyl (C=O) groups excluding carboxylic acids is 1. The number of anilines is 1. The number of nitrogen functional groups attached to an aromatic ring is 1. The van der Waals surface area contributed by atoms with Gasteiger partial charge in [0.25, 0.3) is 0 Å². The lowest BCUT2D eigenvalue weighted by Crippen LogP contribution is -2.28. The van der Waals surface area contributed by atoms with Crippen LogP contribution < -0.4 is 11.1 Å². The highest BCUT2D eigenvalue weighted by Crippen LogP contribution is 2.34. The number of nitrogens with two attached hydrogens (primary N) is 1. The minimum atomic E-state index is -3.92. The molecule has 0 aliphatic heterocycles. The standard InChI is InChI=1S/C19H19ClN4O3S2/c1-28-19-17(29(26,27)15-9-7-14(20)8-10-15)18(21)24(23-19)12-16(25)22-11-13-5-3-2-4-6-13/h2-10H,11-12,21H2,1H3,(H,22,25). The molecule has 1 aromatic heterocycles. The Labute approximate surface area is 178 Å². The van der Waals surface area contributed by atoms with E-state index in [9.17, 15) is 13.2 Å². The molecule has 0 aliphatic carbocycles. The highest BCUT2D eigenvalue weighted by atomic mass is 35.5. The molecule has 3 aromatic rings. The van der Waals surface area contributed by atoms with E-state index in [1.54, 1.807) is 6.26 Å². The topological polar surface area (TPSA) is 107 Å². The first-order chi connectivity index (χ1) is 13.8. The molecule has 0 spiro atoms. The summed E-state index contributed by atoms with van der Waals surface area (Å²) in [6, 6.07) is 15.2. The van der Waals surface area contributed by atoms with Gasteiger partial charge in [-0.25, -0.2) is 13.1 Å². The quantitative estimate of drug-likeness (QED) is 0.536. The van der Waals surface area contributed by atoms with Crippen LogP contribution in [-0.2, 0) is 27.7 Å². The Hall–Kier alpha value is -2.49. The van der Waals surface area contributed by atoms with Gasteiger partial charge in [-0.3, -0.25) is 4.79 Å². The summed E-state index contributed by atoms with van der Waals surface area (Å²) in [5.74, 6) is -0.412. The largest absolute Gasteiger partial charge is 0.383 e. The fourth-order valence-electron chi connectivity index (χ4n) is 2.66. The molecule has 7 nitrogen and oxygen atoms in total. The molecule has 3 rings (SSSR count). The molecule has 1 heterocycles. The maximum absolute atomic E-state index is 13.1. The Morgan fingerprint density at radius 1 is 1.17 bits per heavy atom. The molecule has 10 heteroatoms. The molecule has 0 saturated carbocycles. The molecule has 0 radical (unpaired) electrons. The van der Waals surface area contributed by atoms with E-state index in [0.717, 1.165) is 17.3 Å². The van der Waals surface area contributed by atoms with Crippen LogP contribution in [0.1, 0.15) is 5.56 Å². The second-order valence-corrected chi connectivity index (χ2v) is 9.22. The number of hydrogen-bond acceptors (Lipinski definition) is 6. The van der Waals surface area contributed by atoms with Gasteiger partial charge in [-0.05, 0) is 36.1 Å². The van der Waals surface area contributed by atoms with Crippen molar-refractivity contribution in [2.75, 3.05) is 12.0 Å². The highest BCUT2D eigenvalue weighted by Gasteiger charge is 2.29. The van der Waals surface area contributed by atoms with Crippen LogP contribution in [0.2, 0.25) is 5.02 Å². The van der Waals surface area contributed by atoms with E-state index in [2.05, 4.69) is 10.4 Å². The van der Waals surface area contributed by atoms with Crippen LogP contribution in [0.25, 0.3) is 0 Å². The number of carbonyl (C=O) groups is 1. The second kappa shape index (κ2) is 8.89. The molecule has 1 amide bonds. The molecule has 0 fully saturated rings. The molecule has 2 aromatic carbocycles. The Balaban J connectivity index is 1.84. The Morgan fingerprint density at radius 3 is 2.45 bits per heavy atom. The van der Waals surface area contributed by atoms with Crippen LogP contribution in [0.3, 0.4) is 0 Å². The molecule has 0 atom stereocenters. The summed E-state index contributed by atoms with van der Waals surface area (Å²) < 4.78 is 27.3. The number of nitrogens with zero attached hydrogens (tertiary/aromatic N) is 2. The minimum Gasteiger partial charge on any atom is -0.383 e. The molecule has 29 heavy (non-hydrogen) atoms. The Bertz CT molecular complexity index is 1110. The van der Waals surface area contributed by atoms with Gasteiger partial charge in [0.05, 0.1) is 4.90 Å². The van der Waals surface area contributed by atoms with Crippen molar-refractivity contribution in [3.05, 3.63) is 65.2 Å². The molecule has 0 aliphatic rings. The monoisotopic (exact) mass is 450 g/mol. The number of thioether (sulfide) groups is 1. The summed E-state index contributed by atoms with van der Waals surface area (Å²) in [6.45, 7) is 0.161. The number of rotatable bonds is 7. The molecule has 0 bridgehead atoms. The van der Waals surface area contributed by atoms with Crippen LogP contribution in [0.5, 0.6) is 0 Å². The Kier molecular flexibility index (Phi) is 6.51. The lowest BCUT2D eigenvalue weighted by molar-refractivity contribution is -0.122. The van der Waals surface area contributed by atoms with Crippen LogP contribution in [0.15, 0.2) is 69.4 Å². The zero-order chi connectivity index (χ0) is 21.0. The van der Waals surface area contributed by atoms with E-state index in [1.807, 2.05) is 30.3 Å². The molecule has 0 unspecified atom stereocenters. The van der Waals surface area contributed by atoms with Crippen LogP contribution in [0, 0.1) is 0 Å². The van der Waals surface area contributed by atoms with Crippen molar-refractivity contribution in [1.82, 2.24) is 15.1 Å². The molecule has 3 N–H and O–H groups in total. The average molecular weight is 451 g/mol. The van der Waals surface area contributed by atoms with Crippen molar-refractivity contribution in [2.45, 2.75) is 27.9 Å². The molecular weight excluding hydrogens is 432 g/mol. The first-order valence-electron chi connectivity index (χ1n) is 8.54. The van der Waals surface area contributed by atoms with E-state index in [-0.39, 0.29) is 33.1 Å². The number of nitrogens with one attached hydrogen (secondary N) is 1. The van der Waals surface area contributed by atoms with Crippen LogP contribution >= 0.6 is 23.4 Å². The first kappa shape index (κ1) is 21.2. The van der Waals surface area contributed by atoms with Crippen molar-refractivity contribution in [3.8, 4) is 0 Å². The fourth-order valence-corrected chi connectivity index (χ4v) is 5.22. The first-order valence-corrected chi connectivity index (χ1v) is 11.6. The van der Waals surface area contributed by atoms with Crippen LogP contribution in [0.4, 0.5) is 5.82 Å². The van der Waals surface area contributed by atoms with E-state index in [0.29, 0.717) is 11.6 Å². The van der Waals surface area contributed by atoms with Crippen molar-refractivity contribution < 1.29 is 13.2 Å². The summed E-state index contributed by atoms with van der Waals surface area (Å²) in [5, 5.41) is 7.65. The maximum Gasteiger partial charge on any atom is 0.242 e. The second-order valence-electron chi connectivity index (χ2n) is 6.10. The molecule has 152 valence electrons. The molecular formula is C19H19ClN4O3S2. The van der Waals surface area contributed by atoms with Gasteiger partial charge in [0.2, 0.25) is 15.7 Å². The van der Waals surface area contributed by atoms with Gasteiger partial charge >= 0.3 is 0 Å². The van der Waals surface area contributed by atoms with Gasteiger partial charge in [-0.15, -0.1) is 11.8 Å². The number of aromatic nitrogens is 2. The van der Waals surface area contributed by atoms with E-state index in [1.165, 1.54) is 28.9 Å². The van der Waals surface area contributed by atoms with Gasteiger partial charge in [0, 0.05) is 11.6 Å². The normalized spacial score (nSPS) is 11.4. The number of sulfone groups is 1. The predicted molar refractivity (Wildman–Crippen MR) is 114 cm³/mol. The highest BCUT2D eigenvalue weighted by molar-refractivity contribution is 7.99. The smallest absolute Gasteiger partial charge is 0.242 e. The van der Waals surface area contributed by atoms with E-state index < -0.39 is 9.84 Å². The third-order valence-corrected chi connectivity index (χ3v) is 7.01. The van der Waals surface area contributed by atoms with Crippen molar-refractivity contribution in [2.24, 2.45) is 0 Å². The van der Waals surface area contributed by atoms with Gasteiger partial charge < -0.3 is 11.1 Å². The zero-order valence-corrected chi connectivity index (χ0v) is 17.9. The zero-order valence-electron chi connectivity index (χ0n) is 15.5. The maximum atomic E-state index is 13.1. The summed E-state index contributed by atoms with van der Waals surface area (Å²) in [6.07, 6.45) is 1.70. The SMILES string of the molecule is CSc1nn(CC(=O)NCc2ccccc2)c(N)c1S(=O)(=O)c1ccc(Cl)cc1. The van der Waals surface area contributed by atoms with Crippen molar-refractivity contribution >= 4 is 44.9 Å². The third kappa shape index (κ3) is 4.75. The van der Waals surface area contributed by atoms with E-state index in [4.69, 9.17) is 17.3 Å². The average Bonchev–Trinajstić information content (AvgIpc) is 3.03. The van der Waals surface area contributed by atoms with Gasteiger partial charge in [0.15, 0.2) is 0 Å². The van der Waals surface area contributed by atoms with Crippen LogP contribution in [-0.4, -0.2) is 30.4 Å². The van der Waals surface area contributed by atoms with Crippen molar-refractivity contribution in [1.29, 1.82) is 0 Å². The number of amides is 1. The summed E-state index contributed by atoms with van der Waals surface area (Å²) >= 11 is 6.99. The number of halogens is 1. The summed E-state index contributed by atoms with van der Waals surface area (Å²) in [5.41, 5.74) is 7.04. The lowest BCUT2D eigenvalue weighted by atomic mass is 10.2. The predicted octanol–water partition coefficient (Wildman–Crippen LogP) is 2.99. The van der Waals surface area contributed by atoms with Crippen molar-refractivity contribution in [3.63, 3.8) is 0 Å². The fraction of sp³-hybridized carbons (Fsp3) is 0.158.